The van der Waals surface area contributed by atoms with Crippen LogP contribution in [0.5, 0.6) is 5.75 Å². The third kappa shape index (κ3) is 1.76. The summed E-state index contributed by atoms with van der Waals surface area (Å²) in [5.74, 6) is 0.0783. The minimum absolute atomic E-state index is 0.0474. The Kier molecular flexibility index (Phi) is 2.99. The number of aromatic nitrogens is 2. The molecule has 0 aliphatic carbocycles. The lowest BCUT2D eigenvalue weighted by molar-refractivity contribution is 0.480. The lowest BCUT2D eigenvalue weighted by Gasteiger charge is -2.10. The second kappa shape index (κ2) is 4.18. The number of nitrogens with two attached hydrogens (primary N) is 1. The Labute approximate surface area is 106 Å². The van der Waals surface area contributed by atoms with Crippen molar-refractivity contribution in [1.82, 2.24) is 9.55 Å². The van der Waals surface area contributed by atoms with Gasteiger partial charge < -0.3 is 10.8 Å². The maximum Gasteiger partial charge on any atom is 0.262 e. The van der Waals surface area contributed by atoms with E-state index in [9.17, 15) is 9.90 Å². The van der Waals surface area contributed by atoms with Crippen molar-refractivity contribution < 1.29 is 5.11 Å². The average molecular weight is 274 g/mol. The van der Waals surface area contributed by atoms with Gasteiger partial charge in [-0.3, -0.25) is 9.36 Å². The third-order valence-corrected chi connectivity index (χ3v) is 3.09. The third-order valence-electron chi connectivity index (χ3n) is 2.51. The zero-order valence-electron chi connectivity index (χ0n) is 8.87. The van der Waals surface area contributed by atoms with Crippen molar-refractivity contribution in [2.24, 2.45) is 12.8 Å². The fraction of sp³-hybridized carbons (Fsp3) is 0.200. The number of nitrogens with zero attached hydrogens (tertiary/aromatic N) is 2. The predicted octanol–water partition coefficient (Wildman–Crippen LogP) is 1.40. The minimum Gasteiger partial charge on any atom is -0.504 e. The first-order valence-corrected chi connectivity index (χ1v) is 5.49. The first kappa shape index (κ1) is 12.2. The number of rotatable bonds is 1. The normalized spacial score (nSPS) is 11.1. The van der Waals surface area contributed by atoms with Crippen LogP contribution in [0, 0.1) is 0 Å². The van der Waals surface area contributed by atoms with Crippen LogP contribution < -0.4 is 11.3 Å². The molecule has 0 atom stereocenters. The van der Waals surface area contributed by atoms with E-state index in [0.29, 0.717) is 5.82 Å². The highest BCUT2D eigenvalue weighted by Crippen LogP contribution is 2.34. The molecule has 0 bridgehead atoms. The quantitative estimate of drug-likeness (QED) is 0.823. The van der Waals surface area contributed by atoms with Crippen molar-refractivity contribution in [3.05, 3.63) is 32.3 Å². The summed E-state index contributed by atoms with van der Waals surface area (Å²) in [7, 11) is 1.54. The lowest BCUT2D eigenvalue weighted by atomic mass is 10.2. The van der Waals surface area contributed by atoms with Gasteiger partial charge in [-0.05, 0) is 6.07 Å². The van der Waals surface area contributed by atoms with E-state index in [1.165, 1.54) is 10.6 Å². The van der Waals surface area contributed by atoms with Gasteiger partial charge >= 0.3 is 0 Å². The van der Waals surface area contributed by atoms with Crippen LogP contribution in [0.3, 0.4) is 0 Å². The second-order valence-electron chi connectivity index (χ2n) is 3.51. The van der Waals surface area contributed by atoms with Crippen LogP contribution in [0.2, 0.25) is 10.0 Å². The number of aromatic hydroxyl groups is 1. The average Bonchev–Trinajstić information content (AvgIpc) is 2.29. The van der Waals surface area contributed by atoms with Crippen LogP contribution in [0.25, 0.3) is 10.9 Å². The summed E-state index contributed by atoms with van der Waals surface area (Å²) in [6.07, 6.45) is 0. The van der Waals surface area contributed by atoms with Gasteiger partial charge in [0.1, 0.15) is 11.3 Å². The number of fused-ring (bicyclic) bond motifs is 1. The Balaban J connectivity index is 3.07. The molecule has 0 radical (unpaired) electrons. The Hall–Kier alpha value is -1.30. The van der Waals surface area contributed by atoms with Gasteiger partial charge in [0.05, 0.1) is 22.0 Å². The molecule has 17 heavy (non-hydrogen) atoms. The van der Waals surface area contributed by atoms with Gasteiger partial charge in [0.2, 0.25) is 0 Å². The molecule has 1 heterocycles. The van der Waals surface area contributed by atoms with E-state index in [0.717, 1.165) is 0 Å². The second-order valence-corrected chi connectivity index (χ2v) is 4.32. The van der Waals surface area contributed by atoms with Gasteiger partial charge in [0.25, 0.3) is 5.56 Å². The Bertz CT molecular complexity index is 667. The van der Waals surface area contributed by atoms with Crippen molar-refractivity contribution in [1.29, 1.82) is 0 Å². The highest BCUT2D eigenvalue weighted by molar-refractivity contribution is 6.39. The predicted molar refractivity (Wildman–Crippen MR) is 66.6 cm³/mol. The van der Waals surface area contributed by atoms with E-state index >= 15 is 0 Å². The SMILES string of the molecule is Cn1c(CN)nc2c(O)c(Cl)cc(Cl)c2c1=O. The van der Waals surface area contributed by atoms with Crippen LogP contribution in [0.15, 0.2) is 10.9 Å². The molecule has 5 nitrogen and oxygen atoms in total. The van der Waals surface area contributed by atoms with E-state index in [4.69, 9.17) is 28.9 Å². The summed E-state index contributed by atoms with van der Waals surface area (Å²) in [4.78, 5) is 16.1. The van der Waals surface area contributed by atoms with Crippen molar-refractivity contribution in [2.75, 3.05) is 0 Å². The number of hydrogen-bond acceptors (Lipinski definition) is 4. The van der Waals surface area contributed by atoms with E-state index in [2.05, 4.69) is 4.98 Å². The molecule has 0 saturated carbocycles. The number of hydrogen-bond donors (Lipinski definition) is 2. The minimum atomic E-state index is -0.368. The first-order valence-electron chi connectivity index (χ1n) is 4.74. The van der Waals surface area contributed by atoms with Gasteiger partial charge in [-0.15, -0.1) is 0 Å². The van der Waals surface area contributed by atoms with Crippen LogP contribution in [0.1, 0.15) is 5.82 Å². The maximum absolute atomic E-state index is 12.0. The Morgan fingerprint density at radius 3 is 2.71 bits per heavy atom. The van der Waals surface area contributed by atoms with E-state index < -0.39 is 0 Å². The molecular weight excluding hydrogens is 265 g/mol. The molecule has 0 fully saturated rings. The van der Waals surface area contributed by atoms with Crippen LogP contribution >= 0.6 is 23.2 Å². The first-order chi connectivity index (χ1) is 7.97. The van der Waals surface area contributed by atoms with Crippen molar-refractivity contribution in [3.8, 4) is 5.75 Å². The summed E-state index contributed by atoms with van der Waals surface area (Å²) >= 11 is 11.7. The van der Waals surface area contributed by atoms with E-state index in [1.807, 2.05) is 0 Å². The van der Waals surface area contributed by atoms with Crippen molar-refractivity contribution in [2.45, 2.75) is 6.54 Å². The summed E-state index contributed by atoms with van der Waals surface area (Å²) in [5, 5.41) is 10.1. The van der Waals surface area contributed by atoms with Crippen molar-refractivity contribution >= 4 is 34.1 Å². The van der Waals surface area contributed by atoms with Crippen molar-refractivity contribution in [3.63, 3.8) is 0 Å². The molecule has 0 unspecified atom stereocenters. The van der Waals surface area contributed by atoms with Crippen LogP contribution in [0.4, 0.5) is 0 Å². The van der Waals surface area contributed by atoms with Gasteiger partial charge in [0, 0.05) is 7.05 Å². The molecule has 1 aromatic carbocycles. The van der Waals surface area contributed by atoms with Gasteiger partial charge in [-0.25, -0.2) is 4.98 Å². The van der Waals surface area contributed by atoms with Gasteiger partial charge in [-0.1, -0.05) is 23.2 Å². The standard InChI is InChI=1S/C10H9Cl2N3O2/c1-15-6(3-13)14-8-7(10(15)17)4(11)2-5(12)9(8)16/h2,16H,3,13H2,1H3. The molecule has 0 amide bonds. The maximum atomic E-state index is 12.0. The molecule has 1 aromatic heterocycles. The summed E-state index contributed by atoms with van der Waals surface area (Å²) < 4.78 is 1.29. The highest BCUT2D eigenvalue weighted by Gasteiger charge is 2.16. The summed E-state index contributed by atoms with van der Waals surface area (Å²) in [5.41, 5.74) is 5.17. The molecule has 2 rings (SSSR count). The number of halogens is 2. The molecular formula is C10H9Cl2N3O2. The highest BCUT2D eigenvalue weighted by atomic mass is 35.5. The summed E-state index contributed by atoms with van der Waals surface area (Å²) in [6.45, 7) is 0.0747. The molecule has 2 aromatic rings. The molecule has 0 spiro atoms. The monoisotopic (exact) mass is 273 g/mol. The lowest BCUT2D eigenvalue weighted by Crippen LogP contribution is -2.24. The van der Waals surface area contributed by atoms with Gasteiger partial charge in [-0.2, -0.15) is 0 Å². The summed E-state index contributed by atoms with van der Waals surface area (Å²) in [6, 6.07) is 1.31. The van der Waals surface area contributed by atoms with Crippen LogP contribution in [-0.2, 0) is 13.6 Å². The van der Waals surface area contributed by atoms with Gasteiger partial charge in [0.15, 0.2) is 5.75 Å². The molecule has 7 heteroatoms. The number of phenolic OH excluding ortho intramolecular Hbond substituents is 1. The molecule has 0 saturated heterocycles. The molecule has 0 aliphatic heterocycles. The Morgan fingerprint density at radius 1 is 1.47 bits per heavy atom. The smallest absolute Gasteiger partial charge is 0.262 e. The molecule has 90 valence electrons. The molecule has 0 aliphatic rings. The number of phenols is 1. The fourth-order valence-corrected chi connectivity index (χ4v) is 2.11. The molecule has 3 N–H and O–H groups in total. The fourth-order valence-electron chi connectivity index (χ4n) is 1.58. The zero-order chi connectivity index (χ0) is 12.7. The zero-order valence-corrected chi connectivity index (χ0v) is 10.4. The van der Waals surface area contributed by atoms with Crippen LogP contribution in [-0.4, -0.2) is 14.7 Å². The topological polar surface area (TPSA) is 81.1 Å². The van der Waals surface area contributed by atoms with E-state index in [-0.39, 0.29) is 38.8 Å². The van der Waals surface area contributed by atoms with E-state index in [1.54, 1.807) is 7.05 Å². The number of benzene rings is 1. The largest absolute Gasteiger partial charge is 0.504 e. The Morgan fingerprint density at radius 2 is 2.12 bits per heavy atom.